The van der Waals surface area contributed by atoms with Gasteiger partial charge in [0, 0.05) is 67.4 Å². The largest absolute Gasteiger partial charge is 0.372 e. The molecule has 6 heterocycles. The van der Waals surface area contributed by atoms with Crippen LogP contribution in [0.3, 0.4) is 0 Å². The number of hydrogen-bond donors (Lipinski definition) is 1. The minimum atomic E-state index is 0.0733. The number of hydrogen-bond acceptors (Lipinski definition) is 8. The van der Waals surface area contributed by atoms with E-state index in [1.807, 2.05) is 42.4 Å². The molecule has 6 rings (SSSR count). The Kier molecular flexibility index (Phi) is 5.79. The Bertz CT molecular complexity index is 1300. The first-order chi connectivity index (χ1) is 17.4. The van der Waals surface area contributed by atoms with Crippen LogP contribution < -0.4 is 10.2 Å². The average Bonchev–Trinajstić information content (AvgIpc) is 2.85. The lowest BCUT2D eigenvalue weighted by molar-refractivity contribution is -0.132. The maximum atomic E-state index is 12.2. The minimum absolute atomic E-state index is 0.0733. The van der Waals surface area contributed by atoms with Gasteiger partial charge in [0.1, 0.15) is 11.6 Å². The van der Waals surface area contributed by atoms with Crippen LogP contribution in [0.4, 0.5) is 17.2 Å². The number of rotatable bonds is 5. The van der Waals surface area contributed by atoms with Gasteiger partial charge in [0.25, 0.3) is 0 Å². The summed E-state index contributed by atoms with van der Waals surface area (Å²) in [7, 11) is 0. The predicted molar refractivity (Wildman–Crippen MR) is 137 cm³/mol. The summed E-state index contributed by atoms with van der Waals surface area (Å²) in [6, 6.07) is 8.73. The molecule has 2 unspecified atom stereocenters. The molecule has 1 amide bonds. The van der Waals surface area contributed by atoms with Gasteiger partial charge in [0.05, 0.1) is 36.3 Å². The van der Waals surface area contributed by atoms with Crippen molar-refractivity contribution < 1.29 is 9.53 Å². The van der Waals surface area contributed by atoms with Crippen LogP contribution in [0.2, 0.25) is 0 Å². The predicted octanol–water partition coefficient (Wildman–Crippen LogP) is 3.69. The number of likely N-dealkylation sites (tertiary alicyclic amines) is 1. The van der Waals surface area contributed by atoms with E-state index in [9.17, 15) is 4.79 Å². The summed E-state index contributed by atoms with van der Waals surface area (Å²) in [5, 5.41) is 3.44. The molecule has 0 radical (unpaired) electrons. The average molecular weight is 486 g/mol. The Balaban J connectivity index is 1.35. The molecule has 0 aromatic carbocycles. The number of morpholine rings is 1. The lowest BCUT2D eigenvalue weighted by Gasteiger charge is -2.55. The van der Waals surface area contributed by atoms with Crippen LogP contribution in [0.5, 0.6) is 0 Å². The van der Waals surface area contributed by atoms with Crippen LogP contribution >= 0.6 is 0 Å². The smallest absolute Gasteiger partial charge is 0.219 e. The van der Waals surface area contributed by atoms with Gasteiger partial charge < -0.3 is 19.9 Å². The maximum Gasteiger partial charge on any atom is 0.219 e. The highest BCUT2D eigenvalue weighted by atomic mass is 16.5. The molecule has 9 nitrogen and oxygen atoms in total. The maximum absolute atomic E-state index is 12.2. The number of ether oxygens (including phenoxy) is 1. The quantitative estimate of drug-likeness (QED) is 0.585. The third-order valence-electron chi connectivity index (χ3n) is 7.60. The van der Waals surface area contributed by atoms with E-state index in [1.165, 1.54) is 0 Å². The normalized spacial score (nSPS) is 25.0. The highest BCUT2D eigenvalue weighted by molar-refractivity contribution is 5.74. The second-order valence-electron chi connectivity index (χ2n) is 10.1. The van der Waals surface area contributed by atoms with Crippen LogP contribution in [-0.4, -0.2) is 68.6 Å². The van der Waals surface area contributed by atoms with Crippen LogP contribution in [-0.2, 0) is 9.53 Å². The summed E-state index contributed by atoms with van der Waals surface area (Å²) in [4.78, 5) is 35.3. The van der Waals surface area contributed by atoms with Crippen molar-refractivity contribution in [3.05, 3.63) is 54.4 Å². The molecule has 1 N–H and O–H groups in total. The Morgan fingerprint density at radius 2 is 2.03 bits per heavy atom. The zero-order valence-corrected chi connectivity index (χ0v) is 20.9. The lowest BCUT2D eigenvalue weighted by atomic mass is 9.92. The van der Waals surface area contributed by atoms with Crippen LogP contribution in [0.25, 0.3) is 11.3 Å². The molecule has 9 heteroatoms. The standard InChI is InChI=1S/C27H31N7O2/c1-16-8-21(6-7-29-16)30-26-10-23(20-9-22(12-28-11-20)34-14-25-24(34)15-36-25)31-27(32-26)19-5-4-17(2)33(13-19)18(3)35/h6-12,17,19,24-25H,4-5,13-15H2,1-3H3,(H,29,30,31,32)/t17-,19+,24?,25?/m0/s1. The first-order valence-electron chi connectivity index (χ1n) is 12.6. The molecule has 4 atom stereocenters. The summed E-state index contributed by atoms with van der Waals surface area (Å²) in [5.74, 6) is 1.64. The topological polar surface area (TPSA) is 96.4 Å². The van der Waals surface area contributed by atoms with Crippen LogP contribution in [0, 0.1) is 6.92 Å². The molecule has 186 valence electrons. The molecular weight excluding hydrogens is 454 g/mol. The van der Waals surface area contributed by atoms with E-state index < -0.39 is 0 Å². The molecule has 0 bridgehead atoms. The van der Waals surface area contributed by atoms with Crippen molar-refractivity contribution >= 4 is 23.1 Å². The first-order valence-corrected chi connectivity index (χ1v) is 12.6. The molecular formula is C27H31N7O2. The van der Waals surface area contributed by atoms with E-state index >= 15 is 0 Å². The van der Waals surface area contributed by atoms with Crippen molar-refractivity contribution in [1.82, 2.24) is 24.8 Å². The summed E-state index contributed by atoms with van der Waals surface area (Å²) < 4.78 is 5.57. The molecule has 0 aliphatic carbocycles. The van der Waals surface area contributed by atoms with E-state index in [1.54, 1.807) is 13.1 Å². The van der Waals surface area contributed by atoms with Crippen molar-refractivity contribution in [2.75, 3.05) is 29.9 Å². The number of piperidine rings is 1. The molecule has 36 heavy (non-hydrogen) atoms. The SMILES string of the molecule is CC(=O)N1C[C@H](c2nc(Nc3ccnc(C)c3)cc(-c3cncc(N4CC5OCC54)c3)n2)CC[C@@H]1C. The number of pyridine rings is 2. The Morgan fingerprint density at radius 3 is 2.75 bits per heavy atom. The van der Waals surface area contributed by atoms with Gasteiger partial charge in [-0.25, -0.2) is 9.97 Å². The third-order valence-corrected chi connectivity index (χ3v) is 7.60. The van der Waals surface area contributed by atoms with Gasteiger partial charge >= 0.3 is 0 Å². The Hall–Kier alpha value is -3.59. The van der Waals surface area contributed by atoms with Gasteiger partial charge in [0.15, 0.2) is 0 Å². The number of carbonyl (C=O) groups is 1. The van der Waals surface area contributed by atoms with Gasteiger partial charge in [-0.1, -0.05) is 0 Å². The van der Waals surface area contributed by atoms with Gasteiger partial charge in [-0.2, -0.15) is 0 Å². The summed E-state index contributed by atoms with van der Waals surface area (Å²) >= 11 is 0. The van der Waals surface area contributed by atoms with Crippen molar-refractivity contribution in [3.63, 3.8) is 0 Å². The zero-order valence-electron chi connectivity index (χ0n) is 20.9. The second-order valence-corrected chi connectivity index (χ2v) is 10.1. The molecule has 0 spiro atoms. The molecule has 3 aromatic rings. The van der Waals surface area contributed by atoms with Gasteiger partial charge in [0.2, 0.25) is 5.91 Å². The highest BCUT2D eigenvalue weighted by Gasteiger charge is 2.47. The monoisotopic (exact) mass is 485 g/mol. The van der Waals surface area contributed by atoms with Crippen molar-refractivity contribution in [2.24, 2.45) is 0 Å². The van der Waals surface area contributed by atoms with Crippen molar-refractivity contribution in [1.29, 1.82) is 0 Å². The Morgan fingerprint density at radius 1 is 1.14 bits per heavy atom. The van der Waals surface area contributed by atoms with Gasteiger partial charge in [-0.05, 0) is 44.9 Å². The highest BCUT2D eigenvalue weighted by Crippen LogP contribution is 2.37. The fourth-order valence-electron chi connectivity index (χ4n) is 5.38. The number of anilines is 3. The summed E-state index contributed by atoms with van der Waals surface area (Å²) in [6.07, 6.45) is 7.78. The van der Waals surface area contributed by atoms with E-state index in [2.05, 4.69) is 33.2 Å². The fourth-order valence-corrected chi connectivity index (χ4v) is 5.38. The lowest BCUT2D eigenvalue weighted by Crippen LogP contribution is -2.70. The zero-order chi connectivity index (χ0) is 24.8. The number of fused-ring (bicyclic) bond motifs is 1. The second kappa shape index (κ2) is 9.13. The molecule has 3 aromatic heterocycles. The number of aryl methyl sites for hydroxylation is 1. The van der Waals surface area contributed by atoms with Crippen LogP contribution in [0.1, 0.15) is 44.1 Å². The van der Waals surface area contributed by atoms with E-state index in [-0.39, 0.29) is 17.9 Å². The van der Waals surface area contributed by atoms with E-state index in [0.717, 1.165) is 66.0 Å². The number of nitrogens with zero attached hydrogens (tertiary/aromatic N) is 6. The molecule has 3 aliphatic rings. The van der Waals surface area contributed by atoms with Crippen molar-refractivity contribution in [2.45, 2.75) is 57.7 Å². The number of aromatic nitrogens is 4. The number of nitrogens with one attached hydrogen (secondary N) is 1. The minimum Gasteiger partial charge on any atom is -0.372 e. The fraction of sp³-hybridized carbons (Fsp3) is 0.444. The molecule has 3 aliphatic heterocycles. The van der Waals surface area contributed by atoms with Crippen molar-refractivity contribution in [3.8, 4) is 11.3 Å². The van der Waals surface area contributed by atoms with Gasteiger partial charge in [-0.3, -0.25) is 14.8 Å². The Labute approximate surface area is 210 Å². The number of amides is 1. The summed E-state index contributed by atoms with van der Waals surface area (Å²) in [6.45, 7) is 8.02. The summed E-state index contributed by atoms with van der Waals surface area (Å²) in [5.41, 5.74) is 4.70. The number of carbonyl (C=O) groups excluding carboxylic acids is 1. The first kappa shape index (κ1) is 22.8. The van der Waals surface area contributed by atoms with E-state index in [0.29, 0.717) is 18.7 Å². The molecule has 3 fully saturated rings. The van der Waals surface area contributed by atoms with Crippen LogP contribution in [0.15, 0.2) is 42.9 Å². The molecule has 3 saturated heterocycles. The molecule has 0 saturated carbocycles. The van der Waals surface area contributed by atoms with E-state index in [4.69, 9.17) is 14.7 Å². The third kappa shape index (κ3) is 4.28. The van der Waals surface area contributed by atoms with Gasteiger partial charge in [-0.15, -0.1) is 0 Å².